The number of rotatable bonds is 5. The van der Waals surface area contributed by atoms with Gasteiger partial charge in [-0.25, -0.2) is 8.42 Å². The molecule has 0 bridgehead atoms. The van der Waals surface area contributed by atoms with Crippen molar-refractivity contribution in [2.24, 2.45) is 0 Å². The number of hydrogen-bond donors (Lipinski definition) is 0. The van der Waals surface area contributed by atoms with Gasteiger partial charge in [-0.3, -0.25) is 9.78 Å². The van der Waals surface area contributed by atoms with Crippen LogP contribution in [0.1, 0.15) is 22.8 Å². The van der Waals surface area contributed by atoms with Crippen molar-refractivity contribution in [1.29, 1.82) is 0 Å². The summed E-state index contributed by atoms with van der Waals surface area (Å²) in [6, 6.07) is 4.09. The van der Waals surface area contributed by atoms with E-state index >= 15 is 0 Å². The molecule has 0 N–H and O–H groups in total. The Balaban J connectivity index is 2.44. The molecule has 0 aliphatic rings. The molecule has 10 heteroatoms. The van der Waals surface area contributed by atoms with Crippen LogP contribution >= 0.6 is 11.6 Å². The Morgan fingerprint density at radius 1 is 1.24 bits per heavy atom. The molecule has 0 aliphatic heterocycles. The molecule has 1 aromatic heterocycles. The Hall–Kier alpha value is -2.13. The first-order valence-electron chi connectivity index (χ1n) is 6.71. The van der Waals surface area contributed by atoms with Crippen molar-refractivity contribution in [1.82, 2.24) is 4.98 Å². The van der Waals surface area contributed by atoms with Gasteiger partial charge in [-0.05, 0) is 36.8 Å². The van der Waals surface area contributed by atoms with Crippen LogP contribution in [0.4, 0.5) is 13.2 Å². The lowest BCUT2D eigenvalue weighted by molar-refractivity contribution is -0.275. The maximum absolute atomic E-state index is 12.5. The minimum absolute atomic E-state index is 0.0660. The van der Waals surface area contributed by atoms with Gasteiger partial charge in [0, 0.05) is 23.0 Å². The number of Topliss-reactive ketones (excluding diaryl/α,β-unsaturated/α-hetero) is 1. The van der Waals surface area contributed by atoms with E-state index in [-0.39, 0.29) is 21.9 Å². The predicted molar refractivity (Wildman–Crippen MR) is 83.3 cm³/mol. The zero-order valence-corrected chi connectivity index (χ0v) is 14.2. The van der Waals surface area contributed by atoms with Gasteiger partial charge in [0.2, 0.25) is 0 Å². The number of carbonyl (C=O) groups excluding carboxylic acids is 1. The third-order valence-corrected chi connectivity index (χ3v) is 4.96. The predicted octanol–water partition coefficient (Wildman–Crippen LogP) is 3.81. The topological polar surface area (TPSA) is 73.3 Å². The van der Waals surface area contributed by atoms with Gasteiger partial charge in [0.25, 0.3) is 0 Å². The van der Waals surface area contributed by atoms with Gasteiger partial charge < -0.3 is 4.74 Å². The van der Waals surface area contributed by atoms with Crippen molar-refractivity contribution >= 4 is 27.2 Å². The number of carbonyl (C=O) groups is 1. The van der Waals surface area contributed by atoms with Gasteiger partial charge in [0.1, 0.15) is 10.6 Å². The second-order valence-electron chi connectivity index (χ2n) is 5.04. The molecule has 2 rings (SSSR count). The van der Waals surface area contributed by atoms with Crippen molar-refractivity contribution < 1.29 is 31.1 Å². The first kappa shape index (κ1) is 19.2. The molecule has 0 spiro atoms. The van der Waals surface area contributed by atoms with Gasteiger partial charge in [0.05, 0.1) is 5.75 Å². The second-order valence-corrected chi connectivity index (χ2v) is 7.43. The second kappa shape index (κ2) is 7.01. The van der Waals surface area contributed by atoms with Gasteiger partial charge in [-0.1, -0.05) is 11.6 Å². The Bertz CT molecular complexity index is 913. The molecule has 1 aromatic carbocycles. The SMILES string of the molecule is CC(=O)c1cncc(CS(=O)(=O)c2cc(Cl)ccc2OC(F)(F)F)c1. The number of aromatic nitrogens is 1. The number of nitrogens with zero attached hydrogens (tertiary/aromatic N) is 1. The van der Waals surface area contributed by atoms with Crippen molar-refractivity contribution in [3.63, 3.8) is 0 Å². The van der Waals surface area contributed by atoms with Gasteiger partial charge in [0.15, 0.2) is 15.6 Å². The first-order valence-corrected chi connectivity index (χ1v) is 8.74. The standard InChI is InChI=1S/C15H11ClF3NO4S/c1-9(21)11-4-10(6-20-7-11)8-25(22,23)14-5-12(16)2-3-13(14)24-15(17,18)19/h2-7H,8H2,1H3. The number of pyridine rings is 1. The summed E-state index contributed by atoms with van der Waals surface area (Å²) in [5.41, 5.74) is 0.330. The lowest BCUT2D eigenvalue weighted by Gasteiger charge is -2.14. The molecule has 25 heavy (non-hydrogen) atoms. The van der Waals surface area contributed by atoms with E-state index in [0.29, 0.717) is 0 Å². The smallest absolute Gasteiger partial charge is 0.404 e. The highest BCUT2D eigenvalue weighted by molar-refractivity contribution is 7.90. The number of hydrogen-bond acceptors (Lipinski definition) is 5. The van der Waals surface area contributed by atoms with Crippen LogP contribution in [0.3, 0.4) is 0 Å². The molecule has 0 amide bonds. The van der Waals surface area contributed by atoms with E-state index < -0.39 is 32.6 Å². The molecule has 0 radical (unpaired) electrons. The Morgan fingerprint density at radius 2 is 1.92 bits per heavy atom. The van der Waals surface area contributed by atoms with E-state index in [4.69, 9.17) is 11.6 Å². The molecule has 0 saturated carbocycles. The van der Waals surface area contributed by atoms with E-state index in [1.807, 2.05) is 0 Å². The number of benzene rings is 1. The van der Waals surface area contributed by atoms with Crippen molar-refractivity contribution in [3.05, 3.63) is 52.8 Å². The van der Waals surface area contributed by atoms with E-state index in [1.165, 1.54) is 25.4 Å². The molecule has 0 aliphatic carbocycles. The van der Waals surface area contributed by atoms with Crippen LogP contribution in [0.2, 0.25) is 5.02 Å². The van der Waals surface area contributed by atoms with E-state index in [9.17, 15) is 26.4 Å². The average Bonchev–Trinajstić information content (AvgIpc) is 2.47. The van der Waals surface area contributed by atoms with Crippen molar-refractivity contribution in [2.75, 3.05) is 0 Å². The first-order chi connectivity index (χ1) is 11.5. The van der Waals surface area contributed by atoms with E-state index in [2.05, 4.69) is 9.72 Å². The average molecular weight is 394 g/mol. The zero-order valence-electron chi connectivity index (χ0n) is 12.7. The fourth-order valence-electron chi connectivity index (χ4n) is 1.99. The normalized spacial score (nSPS) is 12.0. The molecule has 2 aromatic rings. The van der Waals surface area contributed by atoms with Crippen molar-refractivity contribution in [3.8, 4) is 5.75 Å². The fraction of sp³-hybridized carbons (Fsp3) is 0.200. The molecule has 1 heterocycles. The molecule has 0 atom stereocenters. The molecule has 0 unspecified atom stereocenters. The third kappa shape index (κ3) is 5.17. The van der Waals surface area contributed by atoms with Crippen LogP contribution in [-0.2, 0) is 15.6 Å². The van der Waals surface area contributed by atoms with E-state index in [1.54, 1.807) is 0 Å². The van der Waals surface area contributed by atoms with Crippen LogP contribution in [0, 0.1) is 0 Å². The minimum Gasteiger partial charge on any atom is -0.404 e. The summed E-state index contributed by atoms with van der Waals surface area (Å²) < 4.78 is 66.3. The largest absolute Gasteiger partial charge is 0.573 e. The third-order valence-electron chi connectivity index (χ3n) is 3.02. The van der Waals surface area contributed by atoms with Gasteiger partial charge in [-0.15, -0.1) is 13.2 Å². The number of sulfone groups is 1. The zero-order chi connectivity index (χ0) is 18.8. The summed E-state index contributed by atoms with van der Waals surface area (Å²) in [5.74, 6) is -1.88. The Morgan fingerprint density at radius 3 is 2.52 bits per heavy atom. The fourth-order valence-corrected chi connectivity index (χ4v) is 3.70. The molecule has 0 saturated heterocycles. The quantitative estimate of drug-likeness (QED) is 0.722. The van der Waals surface area contributed by atoms with E-state index in [0.717, 1.165) is 18.2 Å². The summed E-state index contributed by atoms with van der Waals surface area (Å²) in [4.78, 5) is 14.4. The maximum atomic E-state index is 12.5. The minimum atomic E-state index is -5.06. The maximum Gasteiger partial charge on any atom is 0.573 e. The Labute approximate surface area is 146 Å². The summed E-state index contributed by atoms with van der Waals surface area (Å²) in [7, 11) is -4.24. The van der Waals surface area contributed by atoms with Crippen LogP contribution in [-0.4, -0.2) is 25.5 Å². The molecular weight excluding hydrogens is 383 g/mol. The summed E-state index contributed by atoms with van der Waals surface area (Å²) in [6.07, 6.45) is -2.59. The number of halogens is 4. The van der Waals surface area contributed by atoms with Crippen molar-refractivity contribution in [2.45, 2.75) is 23.9 Å². The molecule has 0 fully saturated rings. The van der Waals surface area contributed by atoms with Crippen LogP contribution in [0.15, 0.2) is 41.6 Å². The summed E-state index contributed by atoms with van der Waals surface area (Å²) in [6.45, 7) is 1.28. The molecule has 5 nitrogen and oxygen atoms in total. The highest BCUT2D eigenvalue weighted by Crippen LogP contribution is 2.33. The van der Waals surface area contributed by atoms with Crippen LogP contribution in [0.25, 0.3) is 0 Å². The molecular formula is C15H11ClF3NO4S. The number of ketones is 1. The van der Waals surface area contributed by atoms with Crippen LogP contribution in [0.5, 0.6) is 5.75 Å². The monoisotopic (exact) mass is 393 g/mol. The highest BCUT2D eigenvalue weighted by atomic mass is 35.5. The summed E-state index contributed by atoms with van der Waals surface area (Å²) in [5, 5.41) is -0.0660. The number of alkyl halides is 3. The lowest BCUT2D eigenvalue weighted by atomic mass is 10.2. The summed E-state index contributed by atoms with van der Waals surface area (Å²) >= 11 is 5.71. The lowest BCUT2D eigenvalue weighted by Crippen LogP contribution is -2.19. The molecule has 134 valence electrons. The van der Waals surface area contributed by atoms with Gasteiger partial charge >= 0.3 is 6.36 Å². The Kier molecular flexibility index (Phi) is 5.38. The highest BCUT2D eigenvalue weighted by Gasteiger charge is 2.34. The number of ether oxygens (including phenoxy) is 1. The van der Waals surface area contributed by atoms with Gasteiger partial charge in [-0.2, -0.15) is 0 Å². The van der Waals surface area contributed by atoms with Crippen LogP contribution < -0.4 is 4.74 Å².